The summed E-state index contributed by atoms with van der Waals surface area (Å²) in [6, 6.07) is 6.87. The van der Waals surface area contributed by atoms with Gasteiger partial charge in [0.15, 0.2) is 0 Å². The predicted molar refractivity (Wildman–Crippen MR) is 62.5 cm³/mol. The lowest BCUT2D eigenvalue weighted by Crippen LogP contribution is -1.99. The van der Waals surface area contributed by atoms with Crippen LogP contribution in [-0.2, 0) is 11.2 Å². The highest BCUT2D eigenvalue weighted by Gasteiger charge is 2.04. The standard InChI is InChI=1S/C11H10N2O3S/c1-7-12-13-11(17-7)16-9-4-2-8(3-5-9)6-10(14)15/h2-5H,6H2,1H3,(H,14,15). The Labute approximate surface area is 102 Å². The monoisotopic (exact) mass is 250 g/mol. The lowest BCUT2D eigenvalue weighted by Gasteiger charge is -2.01. The molecule has 2 aromatic rings. The van der Waals surface area contributed by atoms with Crippen LogP contribution < -0.4 is 4.74 Å². The van der Waals surface area contributed by atoms with Crippen molar-refractivity contribution >= 4 is 17.3 Å². The summed E-state index contributed by atoms with van der Waals surface area (Å²) < 4.78 is 5.46. The van der Waals surface area contributed by atoms with Gasteiger partial charge in [-0.1, -0.05) is 28.6 Å². The van der Waals surface area contributed by atoms with Gasteiger partial charge in [0.2, 0.25) is 0 Å². The molecule has 6 heteroatoms. The second-order valence-electron chi connectivity index (χ2n) is 3.40. The normalized spacial score (nSPS) is 10.2. The molecule has 0 aliphatic rings. The number of benzene rings is 1. The number of aromatic nitrogens is 2. The van der Waals surface area contributed by atoms with Gasteiger partial charge >= 0.3 is 5.97 Å². The molecule has 0 saturated heterocycles. The number of aliphatic carboxylic acids is 1. The Morgan fingerprint density at radius 2 is 2.06 bits per heavy atom. The fraction of sp³-hybridized carbons (Fsp3) is 0.182. The molecule has 5 nitrogen and oxygen atoms in total. The van der Waals surface area contributed by atoms with Crippen LogP contribution in [0, 0.1) is 6.92 Å². The number of carbonyl (C=O) groups is 1. The van der Waals surface area contributed by atoms with Gasteiger partial charge in [0.25, 0.3) is 5.19 Å². The van der Waals surface area contributed by atoms with Crippen LogP contribution in [0.5, 0.6) is 10.9 Å². The van der Waals surface area contributed by atoms with Gasteiger partial charge in [0, 0.05) is 0 Å². The van der Waals surface area contributed by atoms with Crippen LogP contribution in [0.2, 0.25) is 0 Å². The van der Waals surface area contributed by atoms with Crippen LogP contribution >= 0.6 is 11.3 Å². The smallest absolute Gasteiger partial charge is 0.307 e. The molecule has 0 aliphatic carbocycles. The third-order valence-corrected chi connectivity index (χ3v) is 2.71. The fourth-order valence-corrected chi connectivity index (χ4v) is 1.82. The van der Waals surface area contributed by atoms with Crippen LogP contribution in [0.15, 0.2) is 24.3 Å². The van der Waals surface area contributed by atoms with Crippen molar-refractivity contribution < 1.29 is 14.6 Å². The number of aryl methyl sites for hydroxylation is 1. The summed E-state index contributed by atoms with van der Waals surface area (Å²) in [5, 5.41) is 17.6. The molecule has 0 amide bonds. The highest BCUT2D eigenvalue weighted by Crippen LogP contribution is 2.24. The molecule has 0 spiro atoms. The summed E-state index contributed by atoms with van der Waals surface area (Å²) in [4.78, 5) is 10.5. The first-order chi connectivity index (χ1) is 8.13. The van der Waals surface area contributed by atoms with Gasteiger partial charge in [-0.3, -0.25) is 4.79 Å². The van der Waals surface area contributed by atoms with Crippen molar-refractivity contribution in [3.63, 3.8) is 0 Å². The molecule has 1 heterocycles. The molecular weight excluding hydrogens is 240 g/mol. The third-order valence-electron chi connectivity index (χ3n) is 1.99. The van der Waals surface area contributed by atoms with E-state index in [1.165, 1.54) is 11.3 Å². The highest BCUT2D eigenvalue weighted by atomic mass is 32.1. The van der Waals surface area contributed by atoms with Gasteiger partial charge in [0.1, 0.15) is 10.8 Å². The maximum atomic E-state index is 10.5. The molecule has 0 atom stereocenters. The number of hydrogen-bond acceptors (Lipinski definition) is 5. The van der Waals surface area contributed by atoms with E-state index in [-0.39, 0.29) is 6.42 Å². The summed E-state index contributed by atoms with van der Waals surface area (Å²) in [6.45, 7) is 1.85. The lowest BCUT2D eigenvalue weighted by molar-refractivity contribution is -0.136. The fourth-order valence-electron chi connectivity index (χ4n) is 1.27. The molecule has 2 rings (SSSR count). The number of nitrogens with zero attached hydrogens (tertiary/aromatic N) is 2. The molecule has 1 aromatic heterocycles. The third kappa shape index (κ3) is 3.25. The van der Waals surface area contributed by atoms with Crippen molar-refractivity contribution in [1.82, 2.24) is 10.2 Å². The maximum absolute atomic E-state index is 10.5. The van der Waals surface area contributed by atoms with Gasteiger partial charge in [-0.25, -0.2) is 0 Å². The van der Waals surface area contributed by atoms with Gasteiger partial charge in [0.05, 0.1) is 6.42 Å². The predicted octanol–water partition coefficient (Wildman–Crippen LogP) is 2.27. The van der Waals surface area contributed by atoms with Crippen molar-refractivity contribution in [1.29, 1.82) is 0 Å². The molecule has 0 radical (unpaired) electrons. The summed E-state index contributed by atoms with van der Waals surface area (Å²) in [6.07, 6.45) is 0.0121. The molecule has 17 heavy (non-hydrogen) atoms. The minimum absolute atomic E-state index is 0.0121. The first-order valence-electron chi connectivity index (χ1n) is 4.92. The van der Waals surface area contributed by atoms with Gasteiger partial charge in [-0.2, -0.15) is 0 Å². The van der Waals surface area contributed by atoms with Crippen molar-refractivity contribution in [3.8, 4) is 10.9 Å². The zero-order chi connectivity index (χ0) is 12.3. The molecule has 0 fully saturated rings. The first kappa shape index (κ1) is 11.5. The first-order valence-corrected chi connectivity index (χ1v) is 5.74. The summed E-state index contributed by atoms with van der Waals surface area (Å²) >= 11 is 1.36. The molecule has 1 N–H and O–H groups in total. The molecule has 1 aromatic carbocycles. The maximum Gasteiger partial charge on any atom is 0.307 e. The van der Waals surface area contributed by atoms with Crippen molar-refractivity contribution in [2.75, 3.05) is 0 Å². The molecule has 88 valence electrons. The number of carboxylic acid groups (broad SMARTS) is 1. The van der Waals surface area contributed by atoms with Gasteiger partial charge in [-0.05, 0) is 24.6 Å². The molecule has 0 unspecified atom stereocenters. The number of ether oxygens (including phenoxy) is 1. The van der Waals surface area contributed by atoms with Crippen molar-refractivity contribution in [2.45, 2.75) is 13.3 Å². The van der Waals surface area contributed by atoms with E-state index in [4.69, 9.17) is 9.84 Å². The number of rotatable bonds is 4. The Morgan fingerprint density at radius 3 is 2.59 bits per heavy atom. The average molecular weight is 250 g/mol. The molecular formula is C11H10N2O3S. The van der Waals surface area contributed by atoms with Crippen LogP contribution in [0.3, 0.4) is 0 Å². The zero-order valence-corrected chi connectivity index (χ0v) is 9.90. The van der Waals surface area contributed by atoms with Crippen LogP contribution in [-0.4, -0.2) is 21.3 Å². The quantitative estimate of drug-likeness (QED) is 0.901. The Hall–Kier alpha value is -1.95. The summed E-state index contributed by atoms with van der Waals surface area (Å²) in [7, 11) is 0. The highest BCUT2D eigenvalue weighted by molar-refractivity contribution is 7.13. The van der Waals surface area contributed by atoms with E-state index in [9.17, 15) is 4.79 Å². The van der Waals surface area contributed by atoms with E-state index in [0.717, 1.165) is 10.6 Å². The Bertz CT molecular complexity index is 522. The van der Waals surface area contributed by atoms with E-state index in [0.29, 0.717) is 10.9 Å². The average Bonchev–Trinajstić information content (AvgIpc) is 2.66. The van der Waals surface area contributed by atoms with Crippen LogP contribution in [0.4, 0.5) is 0 Å². The topological polar surface area (TPSA) is 72.3 Å². The number of hydrogen-bond donors (Lipinski definition) is 1. The second kappa shape index (κ2) is 4.92. The van der Waals surface area contributed by atoms with E-state index in [2.05, 4.69) is 10.2 Å². The largest absolute Gasteiger partial charge is 0.481 e. The van der Waals surface area contributed by atoms with E-state index >= 15 is 0 Å². The van der Waals surface area contributed by atoms with Crippen molar-refractivity contribution in [3.05, 3.63) is 34.8 Å². The summed E-state index contributed by atoms with van der Waals surface area (Å²) in [5.74, 6) is -0.228. The summed E-state index contributed by atoms with van der Waals surface area (Å²) in [5.41, 5.74) is 0.735. The molecule has 0 aliphatic heterocycles. The molecule has 0 saturated carbocycles. The Morgan fingerprint density at radius 1 is 1.35 bits per heavy atom. The van der Waals surface area contributed by atoms with E-state index in [1.54, 1.807) is 24.3 Å². The SMILES string of the molecule is Cc1nnc(Oc2ccc(CC(=O)O)cc2)s1. The number of carboxylic acids is 1. The van der Waals surface area contributed by atoms with Crippen LogP contribution in [0.25, 0.3) is 0 Å². The van der Waals surface area contributed by atoms with Gasteiger partial charge < -0.3 is 9.84 Å². The van der Waals surface area contributed by atoms with Gasteiger partial charge in [-0.15, -0.1) is 5.10 Å². The Kier molecular flexibility index (Phi) is 3.34. The minimum atomic E-state index is -0.849. The zero-order valence-electron chi connectivity index (χ0n) is 9.08. The van der Waals surface area contributed by atoms with E-state index < -0.39 is 5.97 Å². The van der Waals surface area contributed by atoms with Crippen molar-refractivity contribution in [2.24, 2.45) is 0 Å². The minimum Gasteiger partial charge on any atom is -0.481 e. The molecule has 0 bridgehead atoms. The Balaban J connectivity index is 2.05. The van der Waals surface area contributed by atoms with E-state index in [1.807, 2.05) is 6.92 Å². The second-order valence-corrected chi connectivity index (χ2v) is 4.55. The lowest BCUT2D eigenvalue weighted by atomic mass is 10.1. The van der Waals surface area contributed by atoms with Crippen LogP contribution in [0.1, 0.15) is 10.6 Å².